The Bertz CT molecular complexity index is 2130. The molecular weight excluding hydrogens is 642 g/mol. The standard InChI is InChI=1S/C34H29N3O10S/c1-44-31-29-26(17-18-35(29)48(42,43)25-15-13-24(14-16-25)37(40)41)27-19-28(33(38)46-20-22-9-5-3-6-10-22)36(30(27)32(31)45-2)34(39)47-21-23-11-7-4-8-12-23/h3-16,19H,17-18,20-21H2,1-2H3. The minimum Gasteiger partial charge on any atom is -0.491 e. The van der Waals surface area contributed by atoms with Crippen molar-refractivity contribution < 1.29 is 41.9 Å². The fourth-order valence-electron chi connectivity index (χ4n) is 5.69. The number of hydrogen-bond acceptors (Lipinski definition) is 10. The molecule has 0 saturated carbocycles. The Labute approximate surface area is 275 Å². The fourth-order valence-corrected chi connectivity index (χ4v) is 7.19. The normalized spacial score (nSPS) is 12.4. The van der Waals surface area contributed by atoms with Gasteiger partial charge in [-0.3, -0.25) is 14.4 Å². The molecule has 0 unspecified atom stereocenters. The summed E-state index contributed by atoms with van der Waals surface area (Å²) in [5.41, 5.74) is 1.78. The van der Waals surface area contributed by atoms with Gasteiger partial charge in [-0.2, -0.15) is 0 Å². The van der Waals surface area contributed by atoms with Gasteiger partial charge in [0.05, 0.1) is 24.0 Å². The van der Waals surface area contributed by atoms with Gasteiger partial charge in [-0.15, -0.1) is 0 Å². The zero-order chi connectivity index (χ0) is 34.0. The smallest absolute Gasteiger partial charge is 0.419 e. The Kier molecular flexibility index (Phi) is 8.74. The number of non-ortho nitro benzene ring substituents is 1. The molecule has 0 radical (unpaired) electrons. The maximum absolute atomic E-state index is 13.9. The highest BCUT2D eigenvalue weighted by Crippen LogP contribution is 2.52. The zero-order valence-corrected chi connectivity index (χ0v) is 26.6. The average molecular weight is 672 g/mol. The van der Waals surface area contributed by atoms with Gasteiger partial charge in [0.2, 0.25) is 0 Å². The Morgan fingerprint density at radius 2 is 1.42 bits per heavy atom. The molecule has 0 amide bonds. The summed E-state index contributed by atoms with van der Waals surface area (Å²) in [5.74, 6) is -0.840. The van der Waals surface area contributed by atoms with Crippen LogP contribution in [0.15, 0.2) is 95.9 Å². The van der Waals surface area contributed by atoms with E-state index in [4.69, 9.17) is 18.9 Å². The lowest BCUT2D eigenvalue weighted by molar-refractivity contribution is -0.384. The van der Waals surface area contributed by atoms with Crippen molar-refractivity contribution in [3.05, 3.63) is 123 Å². The van der Waals surface area contributed by atoms with Gasteiger partial charge in [0.15, 0.2) is 11.5 Å². The number of carbonyl (C=O) groups excluding carboxylic acids is 2. The first kappa shape index (κ1) is 32.1. The first-order valence-corrected chi connectivity index (χ1v) is 16.1. The quantitative estimate of drug-likeness (QED) is 0.100. The number of ether oxygens (including phenoxy) is 4. The molecule has 0 N–H and O–H groups in total. The van der Waals surface area contributed by atoms with Crippen LogP contribution in [0.4, 0.5) is 16.2 Å². The number of carbonyl (C=O) groups is 2. The number of nitro groups is 1. The van der Waals surface area contributed by atoms with E-state index < -0.39 is 27.0 Å². The molecule has 1 aliphatic heterocycles. The highest BCUT2D eigenvalue weighted by Gasteiger charge is 2.39. The molecule has 0 fully saturated rings. The Morgan fingerprint density at radius 1 is 0.833 bits per heavy atom. The van der Waals surface area contributed by atoms with Crippen LogP contribution in [-0.4, -0.2) is 50.7 Å². The van der Waals surface area contributed by atoms with Crippen LogP contribution in [-0.2, 0) is 39.1 Å². The van der Waals surface area contributed by atoms with Crippen molar-refractivity contribution in [3.8, 4) is 11.5 Å². The first-order chi connectivity index (χ1) is 23.1. The molecule has 4 aromatic carbocycles. The largest absolute Gasteiger partial charge is 0.491 e. The summed E-state index contributed by atoms with van der Waals surface area (Å²) in [6.07, 6.45) is -0.714. The number of esters is 1. The second kappa shape index (κ2) is 13.1. The van der Waals surface area contributed by atoms with E-state index in [-0.39, 0.29) is 65.2 Å². The van der Waals surface area contributed by atoms with Crippen molar-refractivity contribution in [1.29, 1.82) is 0 Å². The predicted molar refractivity (Wildman–Crippen MR) is 174 cm³/mol. The molecule has 0 spiro atoms. The van der Waals surface area contributed by atoms with Gasteiger partial charge in [-0.1, -0.05) is 60.7 Å². The molecule has 2 heterocycles. The number of fused-ring (bicyclic) bond motifs is 3. The van der Waals surface area contributed by atoms with E-state index in [0.29, 0.717) is 16.5 Å². The van der Waals surface area contributed by atoms with E-state index in [1.807, 2.05) is 12.1 Å². The summed E-state index contributed by atoms with van der Waals surface area (Å²) in [6, 6.07) is 24.0. The van der Waals surface area contributed by atoms with Gasteiger partial charge in [-0.25, -0.2) is 22.6 Å². The van der Waals surface area contributed by atoms with Gasteiger partial charge >= 0.3 is 12.1 Å². The maximum Gasteiger partial charge on any atom is 0.419 e. The van der Waals surface area contributed by atoms with Crippen LogP contribution >= 0.6 is 0 Å². The SMILES string of the molecule is COc1c2c(c3cc(C(=O)OCc4ccccc4)n(C(=O)OCc4ccccc4)c3c1OC)CCN2S(=O)(=O)c1ccc([N+](=O)[O-])cc1. The minimum atomic E-state index is -4.25. The van der Waals surface area contributed by atoms with E-state index in [9.17, 15) is 28.1 Å². The molecule has 246 valence electrons. The van der Waals surface area contributed by atoms with Crippen LogP contribution in [0, 0.1) is 10.1 Å². The number of sulfonamides is 1. The van der Waals surface area contributed by atoms with Crippen molar-refractivity contribution in [2.24, 2.45) is 0 Å². The van der Waals surface area contributed by atoms with Crippen LogP contribution in [0.3, 0.4) is 0 Å². The van der Waals surface area contributed by atoms with Crippen LogP contribution < -0.4 is 13.8 Å². The molecule has 6 rings (SSSR count). The van der Waals surface area contributed by atoms with E-state index in [0.717, 1.165) is 38.7 Å². The second-order valence-corrected chi connectivity index (χ2v) is 12.6. The Hall–Kier alpha value is -5.89. The average Bonchev–Trinajstić information content (AvgIpc) is 3.73. The molecule has 5 aromatic rings. The van der Waals surface area contributed by atoms with Crippen molar-refractivity contribution >= 4 is 44.4 Å². The molecule has 0 atom stereocenters. The van der Waals surface area contributed by atoms with Crippen LogP contribution in [0.25, 0.3) is 10.9 Å². The number of aromatic nitrogens is 1. The molecule has 0 saturated heterocycles. The highest BCUT2D eigenvalue weighted by atomic mass is 32.2. The van der Waals surface area contributed by atoms with Crippen molar-refractivity contribution in [3.63, 3.8) is 0 Å². The number of hydrogen-bond donors (Lipinski definition) is 0. The van der Waals surface area contributed by atoms with Gasteiger partial charge < -0.3 is 18.9 Å². The van der Waals surface area contributed by atoms with E-state index >= 15 is 0 Å². The lowest BCUT2D eigenvalue weighted by Crippen LogP contribution is -2.29. The summed E-state index contributed by atoms with van der Waals surface area (Å²) < 4.78 is 52.8. The topological polar surface area (TPSA) is 157 Å². The van der Waals surface area contributed by atoms with Crippen LogP contribution in [0.2, 0.25) is 0 Å². The number of rotatable bonds is 10. The monoisotopic (exact) mass is 671 g/mol. The van der Waals surface area contributed by atoms with Gasteiger partial charge in [0.1, 0.15) is 30.1 Å². The van der Waals surface area contributed by atoms with E-state index in [1.165, 1.54) is 20.3 Å². The molecule has 13 nitrogen and oxygen atoms in total. The number of nitro benzene ring substituents is 1. The number of anilines is 1. The molecule has 48 heavy (non-hydrogen) atoms. The predicted octanol–water partition coefficient (Wildman–Crippen LogP) is 5.86. The van der Waals surface area contributed by atoms with Crippen LogP contribution in [0.5, 0.6) is 11.5 Å². The summed E-state index contributed by atoms with van der Waals surface area (Å²) in [7, 11) is -1.59. The molecule has 1 aromatic heterocycles. The summed E-state index contributed by atoms with van der Waals surface area (Å²) in [4.78, 5) is 37.8. The van der Waals surface area contributed by atoms with Gasteiger partial charge in [0.25, 0.3) is 15.7 Å². The lowest BCUT2D eigenvalue weighted by atomic mass is 10.1. The number of methoxy groups -OCH3 is 2. The second-order valence-electron chi connectivity index (χ2n) is 10.7. The maximum atomic E-state index is 13.9. The summed E-state index contributed by atoms with van der Waals surface area (Å²) >= 11 is 0. The number of nitrogens with zero attached hydrogens (tertiary/aromatic N) is 3. The molecular formula is C34H29N3O10S. The minimum absolute atomic E-state index is 0.00222. The number of benzene rings is 4. The van der Waals surface area contributed by atoms with Crippen molar-refractivity contribution in [2.75, 3.05) is 25.1 Å². The molecule has 0 bridgehead atoms. The third-order valence-corrected chi connectivity index (χ3v) is 9.73. The van der Waals surface area contributed by atoms with Crippen molar-refractivity contribution in [1.82, 2.24) is 4.57 Å². The zero-order valence-electron chi connectivity index (χ0n) is 25.8. The van der Waals surface area contributed by atoms with Crippen molar-refractivity contribution in [2.45, 2.75) is 24.5 Å². The first-order valence-electron chi connectivity index (χ1n) is 14.7. The summed E-state index contributed by atoms with van der Waals surface area (Å²) in [6.45, 7) is -0.186. The van der Waals surface area contributed by atoms with E-state index in [1.54, 1.807) is 48.5 Å². The van der Waals surface area contributed by atoms with E-state index in [2.05, 4.69) is 0 Å². The highest BCUT2D eigenvalue weighted by molar-refractivity contribution is 7.92. The Balaban J connectivity index is 1.49. The van der Waals surface area contributed by atoms with Crippen LogP contribution in [0.1, 0.15) is 27.2 Å². The molecule has 0 aliphatic carbocycles. The molecule has 14 heteroatoms. The fraction of sp³-hybridized carbons (Fsp3) is 0.176. The third kappa shape index (κ3) is 5.77. The third-order valence-electron chi connectivity index (χ3n) is 7.92. The van der Waals surface area contributed by atoms with Gasteiger partial charge in [-0.05, 0) is 41.3 Å². The Morgan fingerprint density at radius 3 is 1.98 bits per heavy atom. The molecule has 1 aliphatic rings. The lowest BCUT2D eigenvalue weighted by Gasteiger charge is -2.23. The summed E-state index contributed by atoms with van der Waals surface area (Å²) in [5, 5.41) is 11.5. The van der Waals surface area contributed by atoms with Gasteiger partial charge in [0, 0.05) is 24.1 Å².